The van der Waals surface area contributed by atoms with Gasteiger partial charge < -0.3 is 10.2 Å². The van der Waals surface area contributed by atoms with Gasteiger partial charge in [0.25, 0.3) is 0 Å². The van der Waals surface area contributed by atoms with E-state index in [2.05, 4.69) is 4.98 Å². The molecule has 1 heterocycles. The summed E-state index contributed by atoms with van der Waals surface area (Å²) in [4.78, 5) is 3.86. The fourth-order valence-corrected chi connectivity index (χ4v) is 1.89. The van der Waals surface area contributed by atoms with Gasteiger partial charge in [0.15, 0.2) is 0 Å². The van der Waals surface area contributed by atoms with Crippen LogP contribution in [0.15, 0.2) is 12.3 Å². The predicted molar refractivity (Wildman–Crippen MR) is 60.3 cm³/mol. The van der Waals surface area contributed by atoms with Crippen LogP contribution >= 0.6 is 23.2 Å². The maximum Gasteiger partial charge on any atom is 0.135 e. The van der Waals surface area contributed by atoms with Crippen molar-refractivity contribution >= 4 is 23.2 Å². The van der Waals surface area contributed by atoms with Crippen LogP contribution < -0.4 is 0 Å². The lowest BCUT2D eigenvalue weighted by molar-refractivity contribution is 0.0165. The molecule has 0 saturated heterocycles. The Balaban J connectivity index is 2.94. The summed E-state index contributed by atoms with van der Waals surface area (Å²) in [5.41, 5.74) is 1.27. The normalized spacial score (nSPS) is 15.0. The standard InChI is InChI=1S/C10H13Cl2NO2/c1-6-3-5-13-10(12)8(6)9(15)7(14)2-4-11/h3,5,7,9,14-15H,2,4H2,1H3. The molecular weight excluding hydrogens is 237 g/mol. The first-order valence-electron chi connectivity index (χ1n) is 4.61. The zero-order chi connectivity index (χ0) is 11.4. The Hall–Kier alpha value is -0.350. The molecule has 0 spiro atoms. The monoisotopic (exact) mass is 249 g/mol. The van der Waals surface area contributed by atoms with Gasteiger partial charge in [-0.25, -0.2) is 4.98 Å². The molecule has 0 aliphatic rings. The number of halogens is 2. The maximum absolute atomic E-state index is 9.85. The zero-order valence-electron chi connectivity index (χ0n) is 8.32. The molecule has 0 radical (unpaired) electrons. The van der Waals surface area contributed by atoms with Gasteiger partial charge in [0.05, 0.1) is 6.10 Å². The summed E-state index contributed by atoms with van der Waals surface area (Å²) in [6.07, 6.45) is -0.0808. The molecule has 0 fully saturated rings. The number of aromatic nitrogens is 1. The number of rotatable bonds is 4. The van der Waals surface area contributed by atoms with Gasteiger partial charge in [-0.2, -0.15) is 0 Å². The minimum Gasteiger partial charge on any atom is -0.390 e. The summed E-state index contributed by atoms with van der Waals surface area (Å²) in [5.74, 6) is 0.287. The Morgan fingerprint density at radius 2 is 2.13 bits per heavy atom. The highest BCUT2D eigenvalue weighted by Gasteiger charge is 2.22. The van der Waals surface area contributed by atoms with Crippen LogP contribution in [0, 0.1) is 6.92 Å². The third kappa shape index (κ3) is 3.05. The van der Waals surface area contributed by atoms with Crippen LogP contribution in [-0.2, 0) is 0 Å². The fourth-order valence-electron chi connectivity index (χ4n) is 1.35. The highest BCUT2D eigenvalue weighted by atomic mass is 35.5. The quantitative estimate of drug-likeness (QED) is 0.635. The Morgan fingerprint density at radius 1 is 1.47 bits per heavy atom. The first-order chi connectivity index (χ1) is 7.07. The van der Waals surface area contributed by atoms with Gasteiger partial charge in [0.2, 0.25) is 0 Å². The largest absolute Gasteiger partial charge is 0.390 e. The summed E-state index contributed by atoms with van der Waals surface area (Å²) in [6, 6.07) is 1.73. The molecule has 1 rings (SSSR count). The second-order valence-electron chi connectivity index (χ2n) is 3.32. The molecule has 0 amide bonds. The number of hydrogen-bond acceptors (Lipinski definition) is 3. The highest BCUT2D eigenvalue weighted by molar-refractivity contribution is 6.30. The third-order valence-electron chi connectivity index (χ3n) is 2.22. The van der Waals surface area contributed by atoms with E-state index in [4.69, 9.17) is 23.2 Å². The van der Waals surface area contributed by atoms with Crippen molar-refractivity contribution in [1.29, 1.82) is 0 Å². The Labute approximate surface area is 98.7 Å². The first-order valence-corrected chi connectivity index (χ1v) is 5.52. The molecule has 0 bridgehead atoms. The van der Waals surface area contributed by atoms with E-state index in [0.29, 0.717) is 12.0 Å². The number of nitrogens with zero attached hydrogens (tertiary/aromatic N) is 1. The number of alkyl halides is 1. The zero-order valence-corrected chi connectivity index (χ0v) is 9.83. The Morgan fingerprint density at radius 3 is 2.67 bits per heavy atom. The number of aliphatic hydroxyl groups is 2. The van der Waals surface area contributed by atoms with E-state index >= 15 is 0 Å². The average Bonchev–Trinajstić information content (AvgIpc) is 2.17. The van der Waals surface area contributed by atoms with Crippen molar-refractivity contribution in [3.8, 4) is 0 Å². The van der Waals surface area contributed by atoms with E-state index in [9.17, 15) is 10.2 Å². The molecule has 2 atom stereocenters. The van der Waals surface area contributed by atoms with Crippen molar-refractivity contribution in [2.45, 2.75) is 25.6 Å². The molecule has 0 saturated carbocycles. The molecule has 0 aliphatic carbocycles. The van der Waals surface area contributed by atoms with Crippen molar-refractivity contribution < 1.29 is 10.2 Å². The third-order valence-corrected chi connectivity index (χ3v) is 2.74. The SMILES string of the molecule is Cc1ccnc(Cl)c1C(O)C(O)CCCl. The summed E-state index contributed by atoms with van der Waals surface area (Å²) < 4.78 is 0. The lowest BCUT2D eigenvalue weighted by atomic mass is 10.0. The molecule has 84 valence electrons. The van der Waals surface area contributed by atoms with Gasteiger partial charge in [0.1, 0.15) is 11.3 Å². The molecule has 1 aromatic heterocycles. The van der Waals surface area contributed by atoms with Crippen LogP contribution in [0.2, 0.25) is 5.15 Å². The van der Waals surface area contributed by atoms with E-state index in [1.807, 2.05) is 0 Å². The molecular formula is C10H13Cl2NO2. The van der Waals surface area contributed by atoms with Crippen molar-refractivity contribution in [3.05, 3.63) is 28.5 Å². The van der Waals surface area contributed by atoms with Crippen molar-refractivity contribution in [2.24, 2.45) is 0 Å². The fraction of sp³-hybridized carbons (Fsp3) is 0.500. The lowest BCUT2D eigenvalue weighted by Gasteiger charge is -2.19. The number of aryl methyl sites for hydroxylation is 1. The maximum atomic E-state index is 9.85. The van der Waals surface area contributed by atoms with Crippen LogP contribution in [0.4, 0.5) is 0 Å². The van der Waals surface area contributed by atoms with Gasteiger partial charge in [-0.05, 0) is 25.0 Å². The molecule has 2 unspecified atom stereocenters. The van der Waals surface area contributed by atoms with Gasteiger partial charge in [-0.15, -0.1) is 11.6 Å². The molecule has 15 heavy (non-hydrogen) atoms. The van der Waals surface area contributed by atoms with Gasteiger partial charge in [0, 0.05) is 17.6 Å². The Kier molecular flexibility index (Phi) is 4.80. The van der Waals surface area contributed by atoms with Crippen LogP contribution in [0.25, 0.3) is 0 Å². The van der Waals surface area contributed by atoms with E-state index < -0.39 is 12.2 Å². The van der Waals surface area contributed by atoms with Crippen LogP contribution in [-0.4, -0.2) is 27.2 Å². The number of aliphatic hydroxyl groups excluding tert-OH is 2. The molecule has 3 nitrogen and oxygen atoms in total. The lowest BCUT2D eigenvalue weighted by Crippen LogP contribution is -2.20. The highest BCUT2D eigenvalue weighted by Crippen LogP contribution is 2.27. The minimum absolute atomic E-state index is 0.219. The summed E-state index contributed by atoms with van der Waals surface area (Å²) >= 11 is 11.3. The molecule has 1 aromatic rings. The molecule has 2 N–H and O–H groups in total. The summed E-state index contributed by atoms with van der Waals surface area (Å²) in [7, 11) is 0. The summed E-state index contributed by atoms with van der Waals surface area (Å²) in [6.45, 7) is 1.81. The van der Waals surface area contributed by atoms with E-state index in [1.54, 1.807) is 19.2 Å². The van der Waals surface area contributed by atoms with Gasteiger partial charge in [-0.3, -0.25) is 0 Å². The number of pyridine rings is 1. The van der Waals surface area contributed by atoms with Crippen LogP contribution in [0.5, 0.6) is 0 Å². The van der Waals surface area contributed by atoms with Crippen LogP contribution in [0.1, 0.15) is 23.7 Å². The van der Waals surface area contributed by atoms with Crippen LogP contribution in [0.3, 0.4) is 0 Å². The van der Waals surface area contributed by atoms with Gasteiger partial charge in [-0.1, -0.05) is 11.6 Å². The molecule has 0 aromatic carbocycles. The topological polar surface area (TPSA) is 53.4 Å². The minimum atomic E-state index is -1.04. The van der Waals surface area contributed by atoms with Crippen molar-refractivity contribution in [2.75, 3.05) is 5.88 Å². The Bertz CT molecular complexity index is 313. The van der Waals surface area contributed by atoms with Crippen molar-refractivity contribution in [3.63, 3.8) is 0 Å². The predicted octanol–water partition coefficient (Wildman–Crippen LogP) is 2.07. The number of hydrogen-bond donors (Lipinski definition) is 2. The second-order valence-corrected chi connectivity index (χ2v) is 4.06. The van der Waals surface area contributed by atoms with Gasteiger partial charge >= 0.3 is 0 Å². The summed E-state index contributed by atoms with van der Waals surface area (Å²) in [5, 5.41) is 19.7. The molecule has 0 aliphatic heterocycles. The van der Waals surface area contributed by atoms with E-state index in [-0.39, 0.29) is 11.0 Å². The second kappa shape index (κ2) is 5.66. The van der Waals surface area contributed by atoms with E-state index in [1.165, 1.54) is 0 Å². The first kappa shape index (κ1) is 12.7. The van der Waals surface area contributed by atoms with E-state index in [0.717, 1.165) is 5.56 Å². The average molecular weight is 250 g/mol. The van der Waals surface area contributed by atoms with Crippen molar-refractivity contribution in [1.82, 2.24) is 4.98 Å². The molecule has 5 heteroatoms. The smallest absolute Gasteiger partial charge is 0.135 e.